The highest BCUT2D eigenvalue weighted by molar-refractivity contribution is 9.10. The molecule has 0 unspecified atom stereocenters. The van der Waals surface area contributed by atoms with Gasteiger partial charge in [-0.1, -0.05) is 27.5 Å². The number of carbonyl (C=O) groups excluding carboxylic acids is 1. The van der Waals surface area contributed by atoms with Crippen LogP contribution in [-0.2, 0) is 11.2 Å². The van der Waals surface area contributed by atoms with Crippen LogP contribution in [0.1, 0.15) is 18.9 Å². The van der Waals surface area contributed by atoms with Crippen molar-refractivity contribution in [3.63, 3.8) is 0 Å². The highest BCUT2D eigenvalue weighted by atomic mass is 79.9. The molecule has 0 N–H and O–H groups in total. The summed E-state index contributed by atoms with van der Waals surface area (Å²) >= 11 is 9.31. The molecule has 0 bridgehead atoms. The molecule has 1 aromatic rings. The molecule has 0 fully saturated rings. The van der Waals surface area contributed by atoms with E-state index < -0.39 is 0 Å². The number of aryl methyl sites for hydroxylation is 1. The van der Waals surface area contributed by atoms with Gasteiger partial charge in [0.1, 0.15) is 5.78 Å². The number of Topliss-reactive ketones (excluding diaryl/α,β-unsaturated/α-hetero) is 1. The van der Waals surface area contributed by atoms with Crippen LogP contribution in [0.25, 0.3) is 0 Å². The first-order chi connectivity index (χ1) is 6.09. The molecule has 13 heavy (non-hydrogen) atoms. The Hall–Kier alpha value is -0.340. The molecule has 1 aromatic carbocycles. The number of hydrogen-bond acceptors (Lipinski definition) is 1. The van der Waals surface area contributed by atoms with E-state index in [0.717, 1.165) is 15.1 Å². The molecule has 0 atom stereocenters. The molecule has 0 aliphatic rings. The molecule has 0 saturated carbocycles. The summed E-state index contributed by atoms with van der Waals surface area (Å²) in [6.45, 7) is 1.59. The van der Waals surface area contributed by atoms with E-state index >= 15 is 0 Å². The maximum absolute atomic E-state index is 10.8. The smallest absolute Gasteiger partial charge is 0.130 e. The van der Waals surface area contributed by atoms with Crippen LogP contribution >= 0.6 is 27.5 Å². The Labute approximate surface area is 91.2 Å². The molecule has 0 aliphatic heterocycles. The minimum Gasteiger partial charge on any atom is -0.300 e. The maximum Gasteiger partial charge on any atom is 0.130 e. The molecule has 0 aromatic heterocycles. The largest absolute Gasteiger partial charge is 0.300 e. The van der Waals surface area contributed by atoms with E-state index in [0.29, 0.717) is 12.8 Å². The van der Waals surface area contributed by atoms with Gasteiger partial charge in [0.05, 0.1) is 0 Å². The third kappa shape index (κ3) is 3.49. The highest BCUT2D eigenvalue weighted by Gasteiger charge is 2.02. The van der Waals surface area contributed by atoms with Crippen LogP contribution in [0.15, 0.2) is 22.7 Å². The van der Waals surface area contributed by atoms with Gasteiger partial charge in [-0.05, 0) is 37.1 Å². The summed E-state index contributed by atoms with van der Waals surface area (Å²) < 4.78 is 0.996. The second-order valence-electron chi connectivity index (χ2n) is 2.94. The lowest BCUT2D eigenvalue weighted by atomic mass is 10.1. The number of hydrogen-bond donors (Lipinski definition) is 0. The van der Waals surface area contributed by atoms with E-state index in [4.69, 9.17) is 11.6 Å². The predicted octanol–water partition coefficient (Wildman–Crippen LogP) is 3.62. The van der Waals surface area contributed by atoms with Crippen LogP contribution in [-0.4, -0.2) is 5.78 Å². The van der Waals surface area contributed by atoms with Gasteiger partial charge in [-0.25, -0.2) is 0 Å². The quantitative estimate of drug-likeness (QED) is 0.812. The molecule has 70 valence electrons. The van der Waals surface area contributed by atoms with Gasteiger partial charge in [0.2, 0.25) is 0 Å². The fraction of sp³-hybridized carbons (Fsp3) is 0.300. The average Bonchev–Trinajstić information content (AvgIpc) is 2.06. The van der Waals surface area contributed by atoms with E-state index in [-0.39, 0.29) is 5.78 Å². The second-order valence-corrected chi connectivity index (χ2v) is 4.26. The van der Waals surface area contributed by atoms with Gasteiger partial charge in [-0.2, -0.15) is 0 Å². The lowest BCUT2D eigenvalue weighted by Gasteiger charge is -2.02. The zero-order valence-electron chi connectivity index (χ0n) is 7.31. The molecule has 0 spiro atoms. The molecule has 0 amide bonds. The molecule has 0 radical (unpaired) electrons. The first-order valence-corrected chi connectivity index (χ1v) is 5.20. The summed E-state index contributed by atoms with van der Waals surface area (Å²) in [6, 6.07) is 5.67. The third-order valence-corrected chi connectivity index (χ3v) is 2.62. The number of carbonyl (C=O) groups is 1. The predicted molar refractivity (Wildman–Crippen MR) is 58.2 cm³/mol. The molecule has 0 aliphatic carbocycles. The van der Waals surface area contributed by atoms with Crippen molar-refractivity contribution in [1.82, 2.24) is 0 Å². The lowest BCUT2D eigenvalue weighted by molar-refractivity contribution is -0.116. The Morgan fingerprint density at radius 3 is 2.85 bits per heavy atom. The van der Waals surface area contributed by atoms with Crippen molar-refractivity contribution in [1.29, 1.82) is 0 Å². The molecule has 3 heteroatoms. The van der Waals surface area contributed by atoms with Crippen molar-refractivity contribution in [2.45, 2.75) is 19.8 Å². The van der Waals surface area contributed by atoms with Crippen molar-refractivity contribution >= 4 is 33.3 Å². The Bertz CT molecular complexity index is 323. The number of rotatable bonds is 3. The summed E-state index contributed by atoms with van der Waals surface area (Å²) in [5.74, 6) is 0.191. The van der Waals surface area contributed by atoms with E-state index in [1.807, 2.05) is 18.2 Å². The zero-order valence-corrected chi connectivity index (χ0v) is 9.65. The molecule has 1 rings (SSSR count). The Balaban J connectivity index is 2.75. The van der Waals surface area contributed by atoms with Gasteiger partial charge in [0.25, 0.3) is 0 Å². The summed E-state index contributed by atoms with van der Waals surface area (Å²) in [6.07, 6.45) is 1.27. The van der Waals surface area contributed by atoms with Crippen molar-refractivity contribution in [3.8, 4) is 0 Å². The van der Waals surface area contributed by atoms with E-state index in [2.05, 4.69) is 15.9 Å². The van der Waals surface area contributed by atoms with E-state index in [9.17, 15) is 4.79 Å². The fourth-order valence-corrected chi connectivity index (χ4v) is 1.67. The minimum absolute atomic E-state index is 0.191. The van der Waals surface area contributed by atoms with Gasteiger partial charge in [-0.3, -0.25) is 0 Å². The molecular formula is C10H10BrClO. The van der Waals surface area contributed by atoms with E-state index in [1.165, 1.54) is 0 Å². The standard InChI is InChI=1S/C10H10BrClO/c1-7(13)2-3-8-6-9(11)4-5-10(8)12/h4-6H,2-3H2,1H3. The van der Waals surface area contributed by atoms with Gasteiger partial charge in [-0.15, -0.1) is 0 Å². The summed E-state index contributed by atoms with van der Waals surface area (Å²) in [7, 11) is 0. The van der Waals surface area contributed by atoms with Gasteiger partial charge in [0, 0.05) is 15.9 Å². The summed E-state index contributed by atoms with van der Waals surface area (Å²) in [4.78, 5) is 10.8. The monoisotopic (exact) mass is 260 g/mol. The summed E-state index contributed by atoms with van der Waals surface area (Å²) in [5, 5.41) is 0.726. The highest BCUT2D eigenvalue weighted by Crippen LogP contribution is 2.22. The lowest BCUT2D eigenvalue weighted by Crippen LogP contribution is -1.94. The van der Waals surface area contributed by atoms with Crippen LogP contribution in [0.3, 0.4) is 0 Å². The molecule has 1 nitrogen and oxygen atoms in total. The first-order valence-electron chi connectivity index (χ1n) is 4.03. The van der Waals surface area contributed by atoms with Gasteiger partial charge in [0.15, 0.2) is 0 Å². The van der Waals surface area contributed by atoms with Crippen molar-refractivity contribution < 1.29 is 4.79 Å². The number of benzene rings is 1. The molecular weight excluding hydrogens is 251 g/mol. The summed E-state index contributed by atoms with van der Waals surface area (Å²) in [5.41, 5.74) is 1.02. The Kier molecular flexibility index (Phi) is 3.94. The third-order valence-electron chi connectivity index (χ3n) is 1.75. The van der Waals surface area contributed by atoms with Crippen LogP contribution in [0.4, 0.5) is 0 Å². The first kappa shape index (κ1) is 10.7. The van der Waals surface area contributed by atoms with Crippen LogP contribution < -0.4 is 0 Å². The Morgan fingerprint density at radius 2 is 2.23 bits per heavy atom. The van der Waals surface area contributed by atoms with E-state index in [1.54, 1.807) is 6.92 Å². The minimum atomic E-state index is 0.191. The maximum atomic E-state index is 10.8. The zero-order chi connectivity index (χ0) is 9.84. The second kappa shape index (κ2) is 4.77. The Morgan fingerprint density at radius 1 is 1.54 bits per heavy atom. The van der Waals surface area contributed by atoms with Crippen molar-refractivity contribution in [2.24, 2.45) is 0 Å². The SMILES string of the molecule is CC(=O)CCc1cc(Br)ccc1Cl. The molecule has 0 heterocycles. The van der Waals surface area contributed by atoms with Gasteiger partial charge >= 0.3 is 0 Å². The van der Waals surface area contributed by atoms with Crippen molar-refractivity contribution in [2.75, 3.05) is 0 Å². The topological polar surface area (TPSA) is 17.1 Å². The van der Waals surface area contributed by atoms with Crippen LogP contribution in [0, 0.1) is 0 Å². The fourth-order valence-electron chi connectivity index (χ4n) is 1.05. The van der Waals surface area contributed by atoms with Gasteiger partial charge < -0.3 is 4.79 Å². The molecule has 0 saturated heterocycles. The number of halogens is 2. The average molecular weight is 262 g/mol. The van der Waals surface area contributed by atoms with Crippen LogP contribution in [0.2, 0.25) is 5.02 Å². The normalized spacial score (nSPS) is 10.1. The number of ketones is 1. The van der Waals surface area contributed by atoms with Crippen molar-refractivity contribution in [3.05, 3.63) is 33.3 Å². The van der Waals surface area contributed by atoms with Crippen LogP contribution in [0.5, 0.6) is 0 Å².